The number of benzene rings is 2. The van der Waals surface area contributed by atoms with Crippen LogP contribution in [0.15, 0.2) is 54.7 Å². The molecule has 8 heteroatoms. The molecule has 1 aromatic heterocycles. The predicted octanol–water partition coefficient (Wildman–Crippen LogP) is 3.52. The number of carbonyl (C=O) groups is 1. The number of anilines is 4. The first-order chi connectivity index (χ1) is 13.7. The van der Waals surface area contributed by atoms with Crippen molar-refractivity contribution in [2.24, 2.45) is 0 Å². The molecule has 1 aliphatic heterocycles. The van der Waals surface area contributed by atoms with Gasteiger partial charge in [0.2, 0.25) is 5.95 Å². The van der Waals surface area contributed by atoms with Gasteiger partial charge in [0.05, 0.1) is 18.4 Å². The average molecular weight is 378 g/mol. The second-order valence-corrected chi connectivity index (χ2v) is 5.91. The lowest BCUT2D eigenvalue weighted by atomic mass is 10.2. The second kappa shape index (κ2) is 7.83. The number of fused-ring (bicyclic) bond motifs is 1. The maximum Gasteiger partial charge on any atom is 0.339 e. The molecule has 0 bridgehead atoms. The smallest absolute Gasteiger partial charge is 0.339 e. The highest BCUT2D eigenvalue weighted by atomic mass is 16.6. The van der Waals surface area contributed by atoms with Gasteiger partial charge in [-0.3, -0.25) is 0 Å². The maximum atomic E-state index is 11.9. The average Bonchev–Trinajstić information content (AvgIpc) is 2.74. The Kier molecular flexibility index (Phi) is 4.92. The molecule has 28 heavy (non-hydrogen) atoms. The number of carbonyl (C=O) groups excluding carboxylic acids is 1. The summed E-state index contributed by atoms with van der Waals surface area (Å²) < 4.78 is 15.9. The highest BCUT2D eigenvalue weighted by Gasteiger charge is 2.13. The van der Waals surface area contributed by atoms with Gasteiger partial charge in [0.25, 0.3) is 0 Å². The summed E-state index contributed by atoms with van der Waals surface area (Å²) in [4.78, 5) is 20.6. The highest BCUT2D eigenvalue weighted by Crippen LogP contribution is 2.33. The minimum absolute atomic E-state index is 0.346. The van der Waals surface area contributed by atoms with Gasteiger partial charge in [-0.25, -0.2) is 9.78 Å². The van der Waals surface area contributed by atoms with Crippen LogP contribution >= 0.6 is 0 Å². The largest absolute Gasteiger partial charge is 0.486 e. The number of hydrogen-bond donors (Lipinski definition) is 2. The van der Waals surface area contributed by atoms with E-state index in [1.54, 1.807) is 30.5 Å². The molecule has 3 aromatic rings. The fourth-order valence-corrected chi connectivity index (χ4v) is 2.76. The van der Waals surface area contributed by atoms with Crippen molar-refractivity contribution in [3.8, 4) is 11.5 Å². The first-order valence-corrected chi connectivity index (χ1v) is 8.67. The zero-order valence-electron chi connectivity index (χ0n) is 15.1. The van der Waals surface area contributed by atoms with E-state index in [1.807, 2.05) is 24.3 Å². The molecule has 1 aliphatic rings. The van der Waals surface area contributed by atoms with Gasteiger partial charge in [0, 0.05) is 18.0 Å². The standard InChI is InChI=1S/C20H18N4O4/c1-26-19(25)14-4-2-3-5-15(14)23-20-21-9-8-18(24-20)22-13-6-7-16-17(12-13)28-11-10-27-16/h2-9,12H,10-11H2,1H3,(H2,21,22,23,24). The summed E-state index contributed by atoms with van der Waals surface area (Å²) in [5.74, 6) is 1.91. The number of nitrogens with zero attached hydrogens (tertiary/aromatic N) is 2. The van der Waals surface area contributed by atoms with Gasteiger partial charge in [-0.05, 0) is 30.3 Å². The normalized spacial score (nSPS) is 12.2. The molecule has 2 N–H and O–H groups in total. The topological polar surface area (TPSA) is 94.6 Å². The van der Waals surface area contributed by atoms with E-state index in [-0.39, 0.29) is 0 Å². The number of methoxy groups -OCH3 is 1. The Morgan fingerprint density at radius 2 is 1.86 bits per heavy atom. The zero-order valence-corrected chi connectivity index (χ0v) is 15.1. The van der Waals surface area contributed by atoms with Crippen LogP contribution in [0, 0.1) is 0 Å². The molecule has 0 amide bonds. The summed E-state index contributed by atoms with van der Waals surface area (Å²) in [7, 11) is 1.34. The van der Waals surface area contributed by atoms with Crippen LogP contribution in [0.1, 0.15) is 10.4 Å². The summed E-state index contributed by atoms with van der Waals surface area (Å²) in [5, 5.41) is 6.27. The van der Waals surface area contributed by atoms with Crippen LogP contribution < -0.4 is 20.1 Å². The Labute approximate surface area is 161 Å². The second-order valence-electron chi connectivity index (χ2n) is 5.91. The van der Waals surface area contributed by atoms with Gasteiger partial charge in [0.1, 0.15) is 19.0 Å². The van der Waals surface area contributed by atoms with Gasteiger partial charge in [0.15, 0.2) is 11.5 Å². The number of esters is 1. The Morgan fingerprint density at radius 3 is 2.71 bits per heavy atom. The monoisotopic (exact) mass is 378 g/mol. The molecule has 0 unspecified atom stereocenters. The third-order valence-corrected chi connectivity index (χ3v) is 4.05. The van der Waals surface area contributed by atoms with Gasteiger partial charge in [-0.1, -0.05) is 12.1 Å². The molecule has 2 aromatic carbocycles. The number of ether oxygens (including phenoxy) is 3. The molecular weight excluding hydrogens is 360 g/mol. The fraction of sp³-hybridized carbons (Fsp3) is 0.150. The van der Waals surface area contributed by atoms with Gasteiger partial charge >= 0.3 is 5.97 Å². The maximum absolute atomic E-state index is 11.9. The number of para-hydroxylation sites is 1. The van der Waals surface area contributed by atoms with Crippen LogP contribution in [0.4, 0.5) is 23.1 Å². The Morgan fingerprint density at radius 1 is 1.04 bits per heavy atom. The molecule has 0 aliphatic carbocycles. The minimum atomic E-state index is -0.436. The Bertz CT molecular complexity index is 1010. The van der Waals surface area contributed by atoms with Crippen molar-refractivity contribution >= 4 is 29.1 Å². The van der Waals surface area contributed by atoms with E-state index >= 15 is 0 Å². The van der Waals surface area contributed by atoms with Crippen LogP contribution in [0.5, 0.6) is 11.5 Å². The third-order valence-electron chi connectivity index (χ3n) is 4.05. The van der Waals surface area contributed by atoms with Crippen molar-refractivity contribution in [3.63, 3.8) is 0 Å². The molecule has 0 spiro atoms. The van der Waals surface area contributed by atoms with Crippen LogP contribution in [-0.4, -0.2) is 36.3 Å². The number of hydrogen-bond acceptors (Lipinski definition) is 8. The molecule has 8 nitrogen and oxygen atoms in total. The molecule has 0 saturated carbocycles. The third kappa shape index (κ3) is 3.80. The van der Waals surface area contributed by atoms with E-state index in [0.29, 0.717) is 42.0 Å². The van der Waals surface area contributed by atoms with Crippen molar-refractivity contribution in [1.82, 2.24) is 9.97 Å². The molecule has 0 fully saturated rings. The first-order valence-electron chi connectivity index (χ1n) is 8.67. The molecule has 0 saturated heterocycles. The number of aromatic nitrogens is 2. The summed E-state index contributed by atoms with van der Waals surface area (Å²) in [6.07, 6.45) is 1.62. The van der Waals surface area contributed by atoms with Crippen molar-refractivity contribution in [3.05, 3.63) is 60.3 Å². The fourth-order valence-electron chi connectivity index (χ4n) is 2.76. The van der Waals surface area contributed by atoms with Gasteiger partial charge in [-0.2, -0.15) is 4.98 Å². The van der Waals surface area contributed by atoms with Crippen molar-refractivity contribution in [1.29, 1.82) is 0 Å². The molecular formula is C20H18N4O4. The molecule has 4 rings (SSSR count). The zero-order chi connectivity index (χ0) is 19.3. The molecule has 2 heterocycles. The van der Waals surface area contributed by atoms with Crippen molar-refractivity contribution in [2.45, 2.75) is 0 Å². The van der Waals surface area contributed by atoms with E-state index in [2.05, 4.69) is 20.6 Å². The van der Waals surface area contributed by atoms with E-state index in [0.717, 1.165) is 11.4 Å². The summed E-state index contributed by atoms with van der Waals surface area (Å²) in [5.41, 5.74) is 1.77. The van der Waals surface area contributed by atoms with E-state index < -0.39 is 5.97 Å². The first kappa shape index (κ1) is 17.6. The Balaban J connectivity index is 1.53. The van der Waals surface area contributed by atoms with Gasteiger partial charge < -0.3 is 24.8 Å². The van der Waals surface area contributed by atoms with Crippen LogP contribution in [0.3, 0.4) is 0 Å². The molecule has 142 valence electrons. The summed E-state index contributed by atoms with van der Waals surface area (Å²) in [6.45, 7) is 1.07. The van der Waals surface area contributed by atoms with Crippen LogP contribution in [-0.2, 0) is 4.74 Å². The minimum Gasteiger partial charge on any atom is -0.486 e. The van der Waals surface area contributed by atoms with Crippen LogP contribution in [0.2, 0.25) is 0 Å². The predicted molar refractivity (Wildman–Crippen MR) is 104 cm³/mol. The lowest BCUT2D eigenvalue weighted by Gasteiger charge is -2.19. The summed E-state index contributed by atoms with van der Waals surface area (Å²) in [6, 6.07) is 14.3. The SMILES string of the molecule is COC(=O)c1ccccc1Nc1nccc(Nc2ccc3c(c2)OCCO3)n1. The van der Waals surface area contributed by atoms with Gasteiger partial charge in [-0.15, -0.1) is 0 Å². The van der Waals surface area contributed by atoms with E-state index in [9.17, 15) is 4.79 Å². The quantitative estimate of drug-likeness (QED) is 0.651. The van der Waals surface area contributed by atoms with Crippen LogP contribution in [0.25, 0.3) is 0 Å². The van der Waals surface area contributed by atoms with E-state index in [1.165, 1.54) is 7.11 Å². The lowest BCUT2D eigenvalue weighted by molar-refractivity contribution is 0.0602. The van der Waals surface area contributed by atoms with Crippen molar-refractivity contribution in [2.75, 3.05) is 31.0 Å². The summed E-state index contributed by atoms with van der Waals surface area (Å²) >= 11 is 0. The highest BCUT2D eigenvalue weighted by molar-refractivity contribution is 5.96. The van der Waals surface area contributed by atoms with Crippen molar-refractivity contribution < 1.29 is 19.0 Å². The number of nitrogens with one attached hydrogen (secondary N) is 2. The number of rotatable bonds is 5. The van der Waals surface area contributed by atoms with E-state index in [4.69, 9.17) is 14.2 Å². The Hall–Kier alpha value is -3.81. The molecule has 0 radical (unpaired) electrons. The molecule has 0 atom stereocenters. The lowest BCUT2D eigenvalue weighted by Crippen LogP contribution is -2.15.